The van der Waals surface area contributed by atoms with Crippen molar-refractivity contribution >= 4 is 11.7 Å². The van der Waals surface area contributed by atoms with Crippen LogP contribution in [0.2, 0.25) is 0 Å². The van der Waals surface area contributed by atoms with Crippen molar-refractivity contribution < 1.29 is 23.1 Å². The Morgan fingerprint density at radius 1 is 1.37 bits per heavy atom. The van der Waals surface area contributed by atoms with E-state index in [-0.39, 0.29) is 12.2 Å². The maximum atomic E-state index is 12.7. The largest absolute Gasteiger partial charge is 0.418 e. The SMILES string of the molecule is O=C(Nc1ccccc1C(F)(F)F)N1CC[C@H](O)C1. The number of carbonyl (C=O) groups is 1. The van der Waals surface area contributed by atoms with Crippen molar-refractivity contribution in [1.29, 1.82) is 0 Å². The second-order valence-corrected chi connectivity index (χ2v) is 4.36. The van der Waals surface area contributed by atoms with E-state index in [4.69, 9.17) is 0 Å². The summed E-state index contributed by atoms with van der Waals surface area (Å²) in [5, 5.41) is 11.5. The highest BCUT2D eigenvalue weighted by Gasteiger charge is 2.34. The average molecular weight is 274 g/mol. The third kappa shape index (κ3) is 3.17. The lowest BCUT2D eigenvalue weighted by Gasteiger charge is -2.19. The number of aliphatic hydroxyl groups is 1. The van der Waals surface area contributed by atoms with Crippen molar-refractivity contribution in [2.45, 2.75) is 18.7 Å². The number of halogens is 3. The summed E-state index contributed by atoms with van der Waals surface area (Å²) >= 11 is 0. The quantitative estimate of drug-likeness (QED) is 0.825. The zero-order chi connectivity index (χ0) is 14.0. The molecule has 2 N–H and O–H groups in total. The molecule has 0 spiro atoms. The molecule has 1 atom stereocenters. The second-order valence-electron chi connectivity index (χ2n) is 4.36. The number of benzene rings is 1. The number of amides is 2. The Kier molecular flexibility index (Phi) is 3.66. The lowest BCUT2D eigenvalue weighted by molar-refractivity contribution is -0.136. The summed E-state index contributed by atoms with van der Waals surface area (Å²) in [4.78, 5) is 13.1. The van der Waals surface area contributed by atoms with Crippen molar-refractivity contribution in [2.75, 3.05) is 18.4 Å². The van der Waals surface area contributed by atoms with Gasteiger partial charge < -0.3 is 15.3 Å². The summed E-state index contributed by atoms with van der Waals surface area (Å²) in [5.74, 6) is 0. The van der Waals surface area contributed by atoms with E-state index in [1.165, 1.54) is 23.1 Å². The van der Waals surface area contributed by atoms with Gasteiger partial charge in [0.1, 0.15) is 0 Å². The highest BCUT2D eigenvalue weighted by atomic mass is 19.4. The van der Waals surface area contributed by atoms with E-state index in [0.29, 0.717) is 13.0 Å². The van der Waals surface area contributed by atoms with E-state index in [9.17, 15) is 23.1 Å². The van der Waals surface area contributed by atoms with Crippen molar-refractivity contribution in [3.05, 3.63) is 29.8 Å². The molecule has 1 aliphatic rings. The molecule has 4 nitrogen and oxygen atoms in total. The van der Waals surface area contributed by atoms with Crippen LogP contribution < -0.4 is 5.32 Å². The van der Waals surface area contributed by atoms with Crippen LogP contribution in [0.4, 0.5) is 23.7 Å². The number of para-hydroxylation sites is 1. The van der Waals surface area contributed by atoms with Crippen LogP contribution in [0.5, 0.6) is 0 Å². The standard InChI is InChI=1S/C12H13F3N2O2/c13-12(14,15)9-3-1-2-4-10(9)16-11(19)17-6-5-8(18)7-17/h1-4,8,18H,5-7H2,(H,16,19)/t8-/m0/s1. The van der Waals surface area contributed by atoms with Gasteiger partial charge in [0.25, 0.3) is 0 Å². The van der Waals surface area contributed by atoms with E-state index >= 15 is 0 Å². The Hall–Kier alpha value is -1.76. The average Bonchev–Trinajstić information content (AvgIpc) is 2.75. The van der Waals surface area contributed by atoms with Crippen LogP contribution in [-0.4, -0.2) is 35.2 Å². The summed E-state index contributed by atoms with van der Waals surface area (Å²) in [6.07, 6.45) is -4.69. The van der Waals surface area contributed by atoms with Gasteiger partial charge in [-0.15, -0.1) is 0 Å². The maximum absolute atomic E-state index is 12.7. The minimum atomic E-state index is -4.52. The molecule has 1 aliphatic heterocycles. The smallest absolute Gasteiger partial charge is 0.391 e. The van der Waals surface area contributed by atoms with Gasteiger partial charge in [-0.3, -0.25) is 0 Å². The molecule has 0 saturated carbocycles. The normalized spacial score (nSPS) is 19.6. The molecule has 1 aromatic carbocycles. The molecule has 1 heterocycles. The van der Waals surface area contributed by atoms with Crippen LogP contribution in [0.25, 0.3) is 0 Å². The molecule has 0 bridgehead atoms. The molecule has 2 amide bonds. The van der Waals surface area contributed by atoms with Crippen molar-refractivity contribution in [1.82, 2.24) is 4.90 Å². The molecule has 0 radical (unpaired) electrons. The fourth-order valence-electron chi connectivity index (χ4n) is 1.96. The Balaban J connectivity index is 2.13. The van der Waals surface area contributed by atoms with Gasteiger partial charge in [-0.25, -0.2) is 4.79 Å². The Morgan fingerprint density at radius 3 is 2.63 bits per heavy atom. The van der Waals surface area contributed by atoms with E-state index in [0.717, 1.165) is 6.07 Å². The Labute approximate surface area is 107 Å². The third-order valence-corrected chi connectivity index (χ3v) is 2.92. The minimum absolute atomic E-state index is 0.139. The van der Waals surface area contributed by atoms with Gasteiger partial charge in [0.2, 0.25) is 0 Å². The monoisotopic (exact) mass is 274 g/mol. The van der Waals surface area contributed by atoms with Crippen LogP contribution in [0.3, 0.4) is 0 Å². The zero-order valence-corrected chi connectivity index (χ0v) is 9.94. The number of urea groups is 1. The fourth-order valence-corrected chi connectivity index (χ4v) is 1.96. The summed E-state index contributed by atoms with van der Waals surface area (Å²) in [7, 11) is 0. The van der Waals surface area contributed by atoms with E-state index in [1.54, 1.807) is 0 Å². The molecule has 1 aromatic rings. The minimum Gasteiger partial charge on any atom is -0.391 e. The number of likely N-dealkylation sites (tertiary alicyclic amines) is 1. The van der Waals surface area contributed by atoms with Gasteiger partial charge in [-0.1, -0.05) is 12.1 Å². The first-order chi connectivity index (χ1) is 8.88. The number of nitrogens with one attached hydrogen (secondary N) is 1. The van der Waals surface area contributed by atoms with Gasteiger partial charge >= 0.3 is 12.2 Å². The van der Waals surface area contributed by atoms with Crippen molar-refractivity contribution in [3.8, 4) is 0 Å². The number of anilines is 1. The van der Waals surface area contributed by atoms with Gasteiger partial charge in [0.05, 0.1) is 17.4 Å². The molecule has 1 saturated heterocycles. The molecule has 2 rings (SSSR count). The molecule has 104 valence electrons. The van der Waals surface area contributed by atoms with Crippen molar-refractivity contribution in [3.63, 3.8) is 0 Å². The highest BCUT2D eigenvalue weighted by Crippen LogP contribution is 2.34. The topological polar surface area (TPSA) is 52.6 Å². The molecule has 1 fully saturated rings. The molecule has 0 unspecified atom stereocenters. The number of rotatable bonds is 1. The van der Waals surface area contributed by atoms with E-state index in [1.807, 2.05) is 0 Å². The summed E-state index contributed by atoms with van der Waals surface area (Å²) < 4.78 is 38.2. The molecule has 19 heavy (non-hydrogen) atoms. The van der Waals surface area contributed by atoms with Gasteiger partial charge in [0, 0.05) is 13.1 Å². The molecule has 7 heteroatoms. The van der Waals surface area contributed by atoms with Gasteiger partial charge in [0.15, 0.2) is 0 Å². The number of alkyl halides is 3. The number of β-amino-alcohol motifs (C(OH)–C–C–N with tert-alkyl or cyclic N) is 1. The zero-order valence-electron chi connectivity index (χ0n) is 9.94. The van der Waals surface area contributed by atoms with E-state index < -0.39 is 23.9 Å². The fraction of sp³-hybridized carbons (Fsp3) is 0.417. The number of hydrogen-bond acceptors (Lipinski definition) is 2. The molecular weight excluding hydrogens is 261 g/mol. The second kappa shape index (κ2) is 5.08. The summed E-state index contributed by atoms with van der Waals surface area (Å²) in [6.45, 7) is 0.473. The summed E-state index contributed by atoms with van der Waals surface area (Å²) in [5.41, 5.74) is -1.16. The number of carbonyl (C=O) groups excluding carboxylic acids is 1. The van der Waals surface area contributed by atoms with Crippen LogP contribution in [-0.2, 0) is 6.18 Å². The first-order valence-corrected chi connectivity index (χ1v) is 5.78. The van der Waals surface area contributed by atoms with Crippen LogP contribution in [0.1, 0.15) is 12.0 Å². The van der Waals surface area contributed by atoms with Gasteiger partial charge in [-0.2, -0.15) is 13.2 Å². The first kappa shape index (κ1) is 13.7. The van der Waals surface area contributed by atoms with Gasteiger partial charge in [-0.05, 0) is 18.6 Å². The first-order valence-electron chi connectivity index (χ1n) is 5.78. The highest BCUT2D eigenvalue weighted by molar-refractivity contribution is 5.90. The maximum Gasteiger partial charge on any atom is 0.418 e. The number of nitrogens with zero attached hydrogens (tertiary/aromatic N) is 1. The van der Waals surface area contributed by atoms with Crippen LogP contribution in [0, 0.1) is 0 Å². The Bertz CT molecular complexity index is 476. The number of hydrogen-bond donors (Lipinski definition) is 2. The predicted octanol–water partition coefficient (Wildman–Crippen LogP) is 2.30. The Morgan fingerprint density at radius 2 is 2.05 bits per heavy atom. The number of aliphatic hydroxyl groups excluding tert-OH is 1. The van der Waals surface area contributed by atoms with Crippen molar-refractivity contribution in [2.24, 2.45) is 0 Å². The molecular formula is C12H13F3N2O2. The predicted molar refractivity (Wildman–Crippen MR) is 62.7 cm³/mol. The molecule has 0 aromatic heterocycles. The van der Waals surface area contributed by atoms with E-state index in [2.05, 4.69) is 5.32 Å². The van der Waals surface area contributed by atoms with Crippen LogP contribution in [0.15, 0.2) is 24.3 Å². The molecule has 0 aliphatic carbocycles. The third-order valence-electron chi connectivity index (χ3n) is 2.92. The lowest BCUT2D eigenvalue weighted by atomic mass is 10.1. The lowest BCUT2D eigenvalue weighted by Crippen LogP contribution is -2.34. The van der Waals surface area contributed by atoms with Crippen LogP contribution >= 0.6 is 0 Å². The summed E-state index contributed by atoms with van der Waals surface area (Å²) in [6, 6.07) is 4.16.